The molecule has 1 aromatic rings. The number of hydrogen-bond donors (Lipinski definition) is 2. The van der Waals surface area contributed by atoms with E-state index >= 15 is 0 Å². The van der Waals surface area contributed by atoms with Gasteiger partial charge in [-0.05, 0) is 26.1 Å². The van der Waals surface area contributed by atoms with Gasteiger partial charge in [-0.2, -0.15) is 0 Å². The fourth-order valence-electron chi connectivity index (χ4n) is 1.75. The third-order valence-corrected chi connectivity index (χ3v) is 3.09. The largest absolute Gasteiger partial charge is 0.355 e. The topological polar surface area (TPSA) is 39.7 Å². The van der Waals surface area contributed by atoms with Gasteiger partial charge in [0.2, 0.25) is 0 Å². The SMILES string of the molecule is CCN(C)CCNC(=NC)NCc1cccc(C)c1. The molecule has 19 heavy (non-hydrogen) atoms. The molecule has 4 nitrogen and oxygen atoms in total. The number of benzene rings is 1. The van der Waals surface area contributed by atoms with E-state index in [1.807, 2.05) is 0 Å². The molecule has 1 rings (SSSR count). The van der Waals surface area contributed by atoms with Crippen LogP contribution in [0.1, 0.15) is 18.1 Å². The van der Waals surface area contributed by atoms with Gasteiger partial charge in [-0.15, -0.1) is 0 Å². The average Bonchev–Trinajstić information content (AvgIpc) is 2.42. The van der Waals surface area contributed by atoms with E-state index in [0.717, 1.165) is 32.1 Å². The van der Waals surface area contributed by atoms with Crippen molar-refractivity contribution in [2.45, 2.75) is 20.4 Å². The van der Waals surface area contributed by atoms with Crippen LogP contribution in [-0.2, 0) is 6.54 Å². The van der Waals surface area contributed by atoms with Crippen LogP contribution in [-0.4, -0.2) is 44.6 Å². The molecule has 0 atom stereocenters. The zero-order chi connectivity index (χ0) is 14.1. The van der Waals surface area contributed by atoms with Gasteiger partial charge in [-0.1, -0.05) is 36.8 Å². The van der Waals surface area contributed by atoms with Crippen molar-refractivity contribution in [3.05, 3.63) is 35.4 Å². The Morgan fingerprint density at radius 1 is 1.32 bits per heavy atom. The lowest BCUT2D eigenvalue weighted by atomic mass is 10.1. The van der Waals surface area contributed by atoms with Gasteiger partial charge in [-0.3, -0.25) is 4.99 Å². The molecule has 0 aliphatic carbocycles. The van der Waals surface area contributed by atoms with Crippen molar-refractivity contribution in [3.8, 4) is 0 Å². The Balaban J connectivity index is 2.33. The summed E-state index contributed by atoms with van der Waals surface area (Å²) in [4.78, 5) is 6.49. The van der Waals surface area contributed by atoms with E-state index in [-0.39, 0.29) is 0 Å². The van der Waals surface area contributed by atoms with Crippen molar-refractivity contribution in [2.75, 3.05) is 33.7 Å². The Hall–Kier alpha value is -1.55. The third kappa shape index (κ3) is 6.25. The highest BCUT2D eigenvalue weighted by atomic mass is 15.2. The first-order chi connectivity index (χ1) is 9.15. The molecule has 2 N–H and O–H groups in total. The van der Waals surface area contributed by atoms with Crippen LogP contribution in [0.5, 0.6) is 0 Å². The predicted molar refractivity (Wildman–Crippen MR) is 82.6 cm³/mol. The second-order valence-electron chi connectivity index (χ2n) is 4.74. The molecule has 0 aromatic heterocycles. The van der Waals surface area contributed by atoms with Crippen LogP contribution in [0.3, 0.4) is 0 Å². The average molecular weight is 262 g/mol. The number of guanidine groups is 1. The quantitative estimate of drug-likeness (QED) is 0.604. The first-order valence-corrected chi connectivity index (χ1v) is 6.84. The second-order valence-corrected chi connectivity index (χ2v) is 4.74. The van der Waals surface area contributed by atoms with Crippen LogP contribution in [0.25, 0.3) is 0 Å². The minimum Gasteiger partial charge on any atom is -0.355 e. The van der Waals surface area contributed by atoms with Crippen LogP contribution in [0.4, 0.5) is 0 Å². The maximum Gasteiger partial charge on any atom is 0.191 e. The monoisotopic (exact) mass is 262 g/mol. The fraction of sp³-hybridized carbons (Fsp3) is 0.533. The van der Waals surface area contributed by atoms with Crippen molar-refractivity contribution < 1.29 is 0 Å². The number of rotatable bonds is 6. The van der Waals surface area contributed by atoms with E-state index in [4.69, 9.17) is 0 Å². The van der Waals surface area contributed by atoms with E-state index in [1.165, 1.54) is 11.1 Å². The summed E-state index contributed by atoms with van der Waals surface area (Å²) in [6.07, 6.45) is 0. The van der Waals surface area contributed by atoms with Crippen LogP contribution >= 0.6 is 0 Å². The molecule has 1 aromatic carbocycles. The summed E-state index contributed by atoms with van der Waals surface area (Å²) in [5, 5.41) is 6.64. The molecule has 0 aliphatic heterocycles. The molecule has 0 bridgehead atoms. The van der Waals surface area contributed by atoms with E-state index in [1.54, 1.807) is 7.05 Å². The van der Waals surface area contributed by atoms with Crippen LogP contribution < -0.4 is 10.6 Å². The highest BCUT2D eigenvalue weighted by molar-refractivity contribution is 5.79. The van der Waals surface area contributed by atoms with E-state index in [0.29, 0.717) is 0 Å². The first kappa shape index (κ1) is 15.5. The number of nitrogens with zero attached hydrogens (tertiary/aromatic N) is 2. The highest BCUT2D eigenvalue weighted by Gasteiger charge is 1.99. The predicted octanol–water partition coefficient (Wildman–Crippen LogP) is 1.61. The zero-order valence-electron chi connectivity index (χ0n) is 12.5. The van der Waals surface area contributed by atoms with Gasteiger partial charge in [0.25, 0.3) is 0 Å². The molecule has 0 spiro atoms. The van der Waals surface area contributed by atoms with E-state index in [2.05, 4.69) is 65.7 Å². The summed E-state index contributed by atoms with van der Waals surface area (Å²) >= 11 is 0. The maximum atomic E-state index is 4.22. The number of nitrogens with one attached hydrogen (secondary N) is 2. The second kappa shape index (κ2) is 8.53. The molecule has 0 amide bonds. The number of hydrogen-bond acceptors (Lipinski definition) is 2. The van der Waals surface area contributed by atoms with Gasteiger partial charge >= 0.3 is 0 Å². The minimum atomic E-state index is 0.797. The summed E-state index contributed by atoms with van der Waals surface area (Å²) in [7, 11) is 3.92. The van der Waals surface area contributed by atoms with Crippen LogP contribution in [0, 0.1) is 6.92 Å². The summed E-state index contributed by atoms with van der Waals surface area (Å²) in [5.74, 6) is 0.853. The lowest BCUT2D eigenvalue weighted by Gasteiger charge is -2.16. The van der Waals surface area contributed by atoms with Gasteiger partial charge < -0.3 is 15.5 Å². The normalized spacial score (nSPS) is 11.7. The highest BCUT2D eigenvalue weighted by Crippen LogP contribution is 2.02. The van der Waals surface area contributed by atoms with Crippen molar-refractivity contribution in [2.24, 2.45) is 4.99 Å². The molecule has 0 fully saturated rings. The molecule has 106 valence electrons. The lowest BCUT2D eigenvalue weighted by molar-refractivity contribution is 0.357. The Bertz CT molecular complexity index is 401. The Morgan fingerprint density at radius 3 is 2.74 bits per heavy atom. The van der Waals surface area contributed by atoms with E-state index in [9.17, 15) is 0 Å². The summed E-state index contributed by atoms with van der Waals surface area (Å²) < 4.78 is 0. The smallest absolute Gasteiger partial charge is 0.191 e. The Kier molecular flexibility index (Phi) is 6.97. The molecular weight excluding hydrogens is 236 g/mol. The summed E-state index contributed by atoms with van der Waals surface area (Å²) in [6, 6.07) is 8.50. The van der Waals surface area contributed by atoms with Gasteiger partial charge in [-0.25, -0.2) is 0 Å². The lowest BCUT2D eigenvalue weighted by Crippen LogP contribution is -2.40. The fourth-order valence-corrected chi connectivity index (χ4v) is 1.75. The van der Waals surface area contributed by atoms with Gasteiger partial charge in [0.1, 0.15) is 0 Å². The van der Waals surface area contributed by atoms with Crippen molar-refractivity contribution in [1.82, 2.24) is 15.5 Å². The summed E-state index contributed by atoms with van der Waals surface area (Å²) in [5.41, 5.74) is 2.56. The van der Waals surface area contributed by atoms with Crippen molar-refractivity contribution >= 4 is 5.96 Å². The van der Waals surface area contributed by atoms with E-state index < -0.39 is 0 Å². The molecular formula is C15H26N4. The van der Waals surface area contributed by atoms with Gasteiger partial charge in [0.15, 0.2) is 5.96 Å². The Labute approximate surface area is 116 Å². The zero-order valence-corrected chi connectivity index (χ0v) is 12.5. The van der Waals surface area contributed by atoms with Crippen molar-refractivity contribution in [1.29, 1.82) is 0 Å². The Morgan fingerprint density at radius 2 is 2.11 bits per heavy atom. The number of aryl methyl sites for hydroxylation is 1. The van der Waals surface area contributed by atoms with Gasteiger partial charge in [0, 0.05) is 26.7 Å². The standard InChI is InChI=1S/C15H26N4/c1-5-19(4)10-9-17-15(16-3)18-12-14-8-6-7-13(2)11-14/h6-8,11H,5,9-10,12H2,1-4H3,(H2,16,17,18). The molecule has 0 saturated carbocycles. The molecule has 0 heterocycles. The summed E-state index contributed by atoms with van der Waals surface area (Å²) in [6.45, 7) is 8.05. The maximum absolute atomic E-state index is 4.22. The molecule has 0 saturated heterocycles. The first-order valence-electron chi connectivity index (χ1n) is 6.84. The third-order valence-electron chi connectivity index (χ3n) is 3.09. The van der Waals surface area contributed by atoms with Gasteiger partial charge in [0.05, 0.1) is 0 Å². The number of aliphatic imine (C=N–C) groups is 1. The molecule has 0 radical (unpaired) electrons. The molecule has 4 heteroatoms. The molecule has 0 unspecified atom stereocenters. The molecule has 0 aliphatic rings. The number of likely N-dealkylation sites (N-methyl/N-ethyl adjacent to an activating group) is 1. The minimum absolute atomic E-state index is 0.797. The van der Waals surface area contributed by atoms with Crippen LogP contribution in [0.15, 0.2) is 29.3 Å². The van der Waals surface area contributed by atoms with Crippen LogP contribution in [0.2, 0.25) is 0 Å². The van der Waals surface area contributed by atoms with Crippen molar-refractivity contribution in [3.63, 3.8) is 0 Å².